The summed E-state index contributed by atoms with van der Waals surface area (Å²) in [6.07, 6.45) is 5.45. The molecule has 0 aromatic carbocycles. The SMILES string of the molecule is CC(C)[C@@H](C(=O)[O-])N1C(=O)/C(=C\c2ccn(C)c2)SC1=S. The van der Waals surface area contributed by atoms with Crippen LogP contribution in [0, 0.1) is 5.92 Å². The molecule has 1 aliphatic rings. The molecule has 0 spiro atoms. The third-order valence-corrected chi connectivity index (χ3v) is 4.46. The molecule has 21 heavy (non-hydrogen) atoms. The lowest BCUT2D eigenvalue weighted by atomic mass is 10.0. The Labute approximate surface area is 132 Å². The number of carboxylic acid groups (broad SMARTS) is 1. The number of carbonyl (C=O) groups excluding carboxylic acids is 2. The zero-order chi connectivity index (χ0) is 15.7. The zero-order valence-corrected chi connectivity index (χ0v) is 13.5. The van der Waals surface area contributed by atoms with Gasteiger partial charge in [-0.15, -0.1) is 0 Å². The van der Waals surface area contributed by atoms with Gasteiger partial charge in [0, 0.05) is 19.4 Å². The summed E-state index contributed by atoms with van der Waals surface area (Å²) in [7, 11) is 1.88. The maximum absolute atomic E-state index is 12.4. The van der Waals surface area contributed by atoms with Crippen LogP contribution in [0.15, 0.2) is 23.4 Å². The van der Waals surface area contributed by atoms with Gasteiger partial charge in [0.1, 0.15) is 4.32 Å². The van der Waals surface area contributed by atoms with E-state index in [0.29, 0.717) is 4.91 Å². The normalized spacial score (nSPS) is 18.9. The number of amides is 1. The van der Waals surface area contributed by atoms with Crippen molar-refractivity contribution in [2.75, 3.05) is 0 Å². The molecule has 2 heterocycles. The number of carbonyl (C=O) groups is 2. The van der Waals surface area contributed by atoms with Crippen molar-refractivity contribution < 1.29 is 14.7 Å². The van der Waals surface area contributed by atoms with E-state index in [4.69, 9.17) is 12.2 Å². The van der Waals surface area contributed by atoms with Crippen LogP contribution in [0.2, 0.25) is 0 Å². The Kier molecular flexibility index (Phi) is 4.53. The van der Waals surface area contributed by atoms with Crippen LogP contribution in [-0.4, -0.2) is 31.7 Å². The average Bonchev–Trinajstić information content (AvgIpc) is 2.88. The van der Waals surface area contributed by atoms with Crippen molar-refractivity contribution in [3.8, 4) is 0 Å². The molecule has 112 valence electrons. The van der Waals surface area contributed by atoms with Crippen molar-refractivity contribution >= 4 is 46.3 Å². The van der Waals surface area contributed by atoms with Crippen molar-refractivity contribution in [3.05, 3.63) is 28.9 Å². The second-order valence-electron chi connectivity index (χ2n) is 5.17. The van der Waals surface area contributed by atoms with Crippen molar-refractivity contribution in [1.82, 2.24) is 9.47 Å². The van der Waals surface area contributed by atoms with E-state index in [2.05, 4.69) is 0 Å². The number of nitrogens with zero attached hydrogens (tertiary/aromatic N) is 2. The summed E-state index contributed by atoms with van der Waals surface area (Å²) in [6, 6.07) is 0.824. The Balaban J connectivity index is 2.32. The minimum absolute atomic E-state index is 0.255. The largest absolute Gasteiger partial charge is 0.548 e. The molecule has 1 fully saturated rings. The van der Waals surface area contributed by atoms with Crippen LogP contribution in [0.5, 0.6) is 0 Å². The fourth-order valence-electron chi connectivity index (χ4n) is 2.16. The van der Waals surface area contributed by atoms with Crippen molar-refractivity contribution in [1.29, 1.82) is 0 Å². The number of carboxylic acids is 1. The van der Waals surface area contributed by atoms with E-state index in [1.807, 2.05) is 30.1 Å². The van der Waals surface area contributed by atoms with Gasteiger partial charge >= 0.3 is 0 Å². The van der Waals surface area contributed by atoms with Gasteiger partial charge in [-0.25, -0.2) is 0 Å². The van der Waals surface area contributed by atoms with Crippen LogP contribution >= 0.6 is 24.0 Å². The number of hydrogen-bond acceptors (Lipinski definition) is 5. The molecule has 1 saturated heterocycles. The van der Waals surface area contributed by atoms with Crippen molar-refractivity contribution in [2.24, 2.45) is 13.0 Å². The van der Waals surface area contributed by atoms with E-state index in [1.54, 1.807) is 19.9 Å². The first kappa shape index (κ1) is 15.8. The lowest BCUT2D eigenvalue weighted by Crippen LogP contribution is -2.52. The number of rotatable bonds is 4. The van der Waals surface area contributed by atoms with Gasteiger partial charge < -0.3 is 14.5 Å². The molecule has 2 rings (SSSR count). The van der Waals surface area contributed by atoms with E-state index in [1.165, 1.54) is 0 Å². The molecule has 0 unspecified atom stereocenters. The topological polar surface area (TPSA) is 65.4 Å². The smallest absolute Gasteiger partial charge is 0.266 e. The predicted octanol–water partition coefficient (Wildman–Crippen LogP) is 1.00. The third kappa shape index (κ3) is 3.19. The number of hydrogen-bond donors (Lipinski definition) is 0. The molecule has 0 aliphatic carbocycles. The van der Waals surface area contributed by atoms with Gasteiger partial charge in [0.2, 0.25) is 0 Å². The van der Waals surface area contributed by atoms with Gasteiger partial charge in [-0.1, -0.05) is 37.8 Å². The maximum Gasteiger partial charge on any atom is 0.266 e. The zero-order valence-electron chi connectivity index (χ0n) is 11.9. The van der Waals surface area contributed by atoms with Crippen LogP contribution in [0.1, 0.15) is 19.4 Å². The highest BCUT2D eigenvalue weighted by molar-refractivity contribution is 8.26. The molecule has 0 bridgehead atoms. The fourth-order valence-corrected chi connectivity index (χ4v) is 3.49. The van der Waals surface area contributed by atoms with E-state index >= 15 is 0 Å². The van der Waals surface area contributed by atoms with E-state index in [-0.39, 0.29) is 16.1 Å². The molecule has 1 aliphatic heterocycles. The van der Waals surface area contributed by atoms with Crippen LogP contribution in [0.25, 0.3) is 6.08 Å². The highest BCUT2D eigenvalue weighted by Crippen LogP contribution is 2.35. The molecule has 0 N–H and O–H groups in total. The summed E-state index contributed by atoms with van der Waals surface area (Å²) in [4.78, 5) is 25.3. The summed E-state index contributed by atoms with van der Waals surface area (Å²) in [5.41, 5.74) is 0.868. The summed E-state index contributed by atoms with van der Waals surface area (Å²) in [6.45, 7) is 3.44. The Bertz CT molecular complexity index is 634. The molecule has 7 heteroatoms. The van der Waals surface area contributed by atoms with Gasteiger partial charge in [-0.2, -0.15) is 0 Å². The molecule has 1 amide bonds. The van der Waals surface area contributed by atoms with E-state index in [0.717, 1.165) is 22.2 Å². The van der Waals surface area contributed by atoms with E-state index < -0.39 is 12.0 Å². The van der Waals surface area contributed by atoms with E-state index in [9.17, 15) is 14.7 Å². The standard InChI is InChI=1S/C14H16N2O3S2/c1-8(2)11(13(18)19)16-12(17)10(21-14(16)20)6-9-4-5-15(3)7-9/h4-8,11H,1-3H3,(H,18,19)/p-1/b10-6+/t11-/m0/s1. The lowest BCUT2D eigenvalue weighted by molar-refractivity contribution is -0.311. The molecular weight excluding hydrogens is 308 g/mol. The average molecular weight is 323 g/mol. The minimum Gasteiger partial charge on any atom is -0.548 e. The Morgan fingerprint density at radius 2 is 2.14 bits per heavy atom. The lowest BCUT2D eigenvalue weighted by Gasteiger charge is -2.30. The van der Waals surface area contributed by atoms with Crippen LogP contribution < -0.4 is 5.11 Å². The highest BCUT2D eigenvalue weighted by atomic mass is 32.2. The number of thioether (sulfide) groups is 1. The summed E-state index contributed by atoms with van der Waals surface area (Å²) in [5.74, 6) is -1.95. The fraction of sp³-hybridized carbons (Fsp3) is 0.357. The Morgan fingerprint density at radius 3 is 2.62 bits per heavy atom. The van der Waals surface area contributed by atoms with Gasteiger partial charge in [-0.05, 0) is 23.6 Å². The summed E-state index contributed by atoms with van der Waals surface area (Å²) < 4.78 is 2.12. The number of aromatic nitrogens is 1. The first-order valence-electron chi connectivity index (χ1n) is 6.41. The molecule has 1 aromatic rings. The number of thiocarbonyl (C=S) groups is 1. The van der Waals surface area contributed by atoms with Crippen LogP contribution in [0.3, 0.4) is 0 Å². The van der Waals surface area contributed by atoms with Crippen LogP contribution in [-0.2, 0) is 16.6 Å². The molecule has 1 atom stereocenters. The molecule has 1 aromatic heterocycles. The van der Waals surface area contributed by atoms with Gasteiger partial charge in [0.05, 0.1) is 16.9 Å². The molecule has 0 radical (unpaired) electrons. The monoisotopic (exact) mass is 323 g/mol. The van der Waals surface area contributed by atoms with Gasteiger partial charge in [0.15, 0.2) is 0 Å². The quantitative estimate of drug-likeness (QED) is 0.611. The first-order valence-corrected chi connectivity index (χ1v) is 7.63. The predicted molar refractivity (Wildman–Crippen MR) is 84.1 cm³/mol. The summed E-state index contributed by atoms with van der Waals surface area (Å²) >= 11 is 6.28. The number of aryl methyl sites for hydroxylation is 1. The molecule has 0 saturated carbocycles. The Morgan fingerprint density at radius 1 is 1.48 bits per heavy atom. The first-order chi connectivity index (χ1) is 9.81. The molecule has 5 nitrogen and oxygen atoms in total. The molecular formula is C14H15N2O3S2-. The van der Waals surface area contributed by atoms with Gasteiger partial charge in [-0.3, -0.25) is 9.69 Å². The maximum atomic E-state index is 12.4. The Hall–Kier alpha value is -1.60. The minimum atomic E-state index is -1.29. The van der Waals surface area contributed by atoms with Crippen LogP contribution in [0.4, 0.5) is 0 Å². The highest BCUT2D eigenvalue weighted by Gasteiger charge is 2.38. The second-order valence-corrected chi connectivity index (χ2v) is 6.85. The van der Waals surface area contributed by atoms with Crippen molar-refractivity contribution in [2.45, 2.75) is 19.9 Å². The third-order valence-electron chi connectivity index (χ3n) is 3.13. The van der Waals surface area contributed by atoms with Crippen molar-refractivity contribution in [3.63, 3.8) is 0 Å². The summed E-state index contributed by atoms with van der Waals surface area (Å²) in [5, 5.41) is 11.3. The second kappa shape index (κ2) is 6.03. The van der Waals surface area contributed by atoms with Gasteiger partial charge in [0.25, 0.3) is 5.91 Å². The number of aliphatic carboxylic acids is 1.